The Kier molecular flexibility index (Phi) is 10.2. The number of ether oxygens (including phenoxy) is 5. The quantitative estimate of drug-likeness (QED) is 0.257. The van der Waals surface area contributed by atoms with E-state index in [0.29, 0.717) is 36.2 Å². The number of carbonyl (C=O) groups excluding carboxylic acids is 1. The summed E-state index contributed by atoms with van der Waals surface area (Å²) in [6.45, 7) is 2.85. The molecule has 1 aliphatic rings. The molecule has 4 rings (SSSR count). The largest absolute Gasteiger partial charge is 0.497 e. The summed E-state index contributed by atoms with van der Waals surface area (Å²) < 4.78 is 28.1. The standard InChI is InChI=1S/C30H36N2O6S/c1-32(16-18-37-22-12-14-26(35-3)27(20-22)36-4)15-7-8-17-38-25-13-11-21(34-2)19-23(25)29-30(33)31-24-9-5-6-10-28(24)39-29/h5-6,9-14,19-20,29H,7-8,15-18H2,1-4H3,(H,31,33). The number of hydrogen-bond acceptors (Lipinski definition) is 8. The van der Waals surface area contributed by atoms with E-state index in [0.717, 1.165) is 47.8 Å². The number of methoxy groups -OCH3 is 3. The summed E-state index contributed by atoms with van der Waals surface area (Å²) in [6.07, 6.45) is 1.86. The minimum Gasteiger partial charge on any atom is -0.497 e. The Labute approximate surface area is 234 Å². The van der Waals surface area contributed by atoms with Crippen molar-refractivity contribution >= 4 is 23.4 Å². The first-order chi connectivity index (χ1) is 19.0. The maximum Gasteiger partial charge on any atom is 0.242 e. The van der Waals surface area contributed by atoms with Crippen LogP contribution in [0.5, 0.6) is 28.7 Å². The highest BCUT2D eigenvalue weighted by Gasteiger charge is 2.31. The van der Waals surface area contributed by atoms with Crippen LogP contribution < -0.4 is 29.0 Å². The van der Waals surface area contributed by atoms with Gasteiger partial charge in [-0.3, -0.25) is 4.79 Å². The summed E-state index contributed by atoms with van der Waals surface area (Å²) in [4.78, 5) is 16.2. The molecule has 0 radical (unpaired) electrons. The highest BCUT2D eigenvalue weighted by molar-refractivity contribution is 8.00. The second-order valence-corrected chi connectivity index (χ2v) is 10.3. The van der Waals surface area contributed by atoms with E-state index < -0.39 is 5.25 Å². The first-order valence-electron chi connectivity index (χ1n) is 12.9. The fraction of sp³-hybridized carbons (Fsp3) is 0.367. The number of carbonyl (C=O) groups is 1. The van der Waals surface area contributed by atoms with Crippen LogP contribution >= 0.6 is 11.8 Å². The SMILES string of the molecule is COc1ccc(OCCCCN(C)CCOc2ccc(OC)c(OC)c2)c(C2Sc3ccccc3NC2=O)c1. The topological polar surface area (TPSA) is 78.5 Å². The van der Waals surface area contributed by atoms with Gasteiger partial charge in [-0.25, -0.2) is 0 Å². The molecule has 8 nitrogen and oxygen atoms in total. The van der Waals surface area contributed by atoms with Crippen molar-refractivity contribution in [1.29, 1.82) is 0 Å². The number of fused-ring (bicyclic) bond motifs is 1. The van der Waals surface area contributed by atoms with Gasteiger partial charge in [0.15, 0.2) is 11.5 Å². The predicted octanol–water partition coefficient (Wildman–Crippen LogP) is 5.67. The first kappa shape index (κ1) is 28.4. The van der Waals surface area contributed by atoms with Crippen molar-refractivity contribution in [2.24, 2.45) is 0 Å². The zero-order valence-corrected chi connectivity index (χ0v) is 23.7. The van der Waals surface area contributed by atoms with Gasteiger partial charge in [0.1, 0.15) is 29.1 Å². The molecule has 3 aromatic rings. The minimum atomic E-state index is -0.415. The predicted molar refractivity (Wildman–Crippen MR) is 154 cm³/mol. The van der Waals surface area contributed by atoms with Gasteiger partial charge >= 0.3 is 0 Å². The van der Waals surface area contributed by atoms with Crippen molar-refractivity contribution in [2.45, 2.75) is 23.0 Å². The van der Waals surface area contributed by atoms with Crippen LogP contribution in [0.25, 0.3) is 0 Å². The molecule has 9 heteroatoms. The Morgan fingerprint density at radius 1 is 0.795 bits per heavy atom. The average Bonchev–Trinajstić information content (AvgIpc) is 2.96. The van der Waals surface area contributed by atoms with Gasteiger partial charge in [-0.15, -0.1) is 11.8 Å². The third-order valence-electron chi connectivity index (χ3n) is 6.42. The molecule has 0 fully saturated rings. The summed E-state index contributed by atoms with van der Waals surface area (Å²) in [7, 11) is 6.93. The van der Waals surface area contributed by atoms with E-state index in [-0.39, 0.29) is 5.91 Å². The molecule has 39 heavy (non-hydrogen) atoms. The number of para-hydroxylation sites is 1. The molecular weight excluding hydrogens is 516 g/mol. The van der Waals surface area contributed by atoms with Crippen LogP contribution in [0, 0.1) is 0 Å². The van der Waals surface area contributed by atoms with Gasteiger partial charge in [-0.1, -0.05) is 12.1 Å². The molecule has 1 amide bonds. The summed E-state index contributed by atoms with van der Waals surface area (Å²) >= 11 is 1.53. The van der Waals surface area contributed by atoms with Gasteiger partial charge in [0, 0.05) is 23.1 Å². The van der Waals surface area contributed by atoms with Crippen LogP contribution in [0.1, 0.15) is 23.7 Å². The number of thioether (sulfide) groups is 1. The lowest BCUT2D eigenvalue weighted by Gasteiger charge is -2.26. The number of nitrogens with zero attached hydrogens (tertiary/aromatic N) is 1. The van der Waals surface area contributed by atoms with Crippen LogP contribution in [0.4, 0.5) is 5.69 Å². The molecule has 0 saturated carbocycles. The first-order valence-corrected chi connectivity index (χ1v) is 13.8. The third-order valence-corrected chi connectivity index (χ3v) is 7.73. The monoisotopic (exact) mass is 552 g/mol. The van der Waals surface area contributed by atoms with E-state index in [2.05, 4.69) is 17.3 Å². The van der Waals surface area contributed by atoms with Gasteiger partial charge in [-0.2, -0.15) is 0 Å². The number of rotatable bonds is 14. The van der Waals surface area contributed by atoms with Gasteiger partial charge < -0.3 is 33.9 Å². The van der Waals surface area contributed by atoms with Crippen LogP contribution in [-0.4, -0.2) is 65.5 Å². The summed E-state index contributed by atoms with van der Waals surface area (Å²) in [5.41, 5.74) is 1.66. The Balaban J connectivity index is 1.24. The normalized spacial score (nSPS) is 14.4. The lowest BCUT2D eigenvalue weighted by molar-refractivity contribution is -0.115. The molecule has 0 saturated heterocycles. The molecule has 3 aromatic carbocycles. The molecule has 1 aliphatic heterocycles. The van der Waals surface area contributed by atoms with Crippen molar-refractivity contribution < 1.29 is 28.5 Å². The minimum absolute atomic E-state index is 0.0614. The van der Waals surface area contributed by atoms with Gasteiger partial charge in [0.05, 0.1) is 33.6 Å². The molecule has 1 atom stereocenters. The molecule has 0 bridgehead atoms. The van der Waals surface area contributed by atoms with Crippen LogP contribution in [0.3, 0.4) is 0 Å². The van der Waals surface area contributed by atoms with Crippen molar-refractivity contribution in [3.63, 3.8) is 0 Å². The number of hydrogen-bond donors (Lipinski definition) is 1. The van der Waals surface area contributed by atoms with Gasteiger partial charge in [0.25, 0.3) is 0 Å². The number of likely N-dealkylation sites (N-methyl/N-ethyl adjacent to an activating group) is 1. The Morgan fingerprint density at radius 2 is 1.56 bits per heavy atom. The van der Waals surface area contributed by atoms with Crippen molar-refractivity contribution in [1.82, 2.24) is 4.90 Å². The summed E-state index contributed by atoms with van der Waals surface area (Å²) in [5, 5.41) is 2.60. The number of nitrogens with one attached hydrogen (secondary N) is 1. The van der Waals surface area contributed by atoms with Crippen LogP contribution in [0.15, 0.2) is 65.6 Å². The van der Waals surface area contributed by atoms with Gasteiger partial charge in [-0.05, 0) is 68.9 Å². The zero-order valence-electron chi connectivity index (χ0n) is 22.9. The third kappa shape index (κ3) is 7.52. The Bertz CT molecular complexity index is 1250. The van der Waals surface area contributed by atoms with Gasteiger partial charge in [0.2, 0.25) is 5.91 Å². The fourth-order valence-electron chi connectivity index (χ4n) is 4.25. The summed E-state index contributed by atoms with van der Waals surface area (Å²) in [6, 6.07) is 19.0. The molecule has 1 heterocycles. The number of benzene rings is 3. The molecule has 0 aliphatic carbocycles. The van der Waals surface area contributed by atoms with Crippen LogP contribution in [-0.2, 0) is 4.79 Å². The maximum absolute atomic E-state index is 12.9. The lowest BCUT2D eigenvalue weighted by atomic mass is 10.1. The average molecular weight is 553 g/mol. The Hall–Kier alpha value is -3.56. The van der Waals surface area contributed by atoms with E-state index in [9.17, 15) is 4.79 Å². The molecule has 0 aromatic heterocycles. The molecule has 0 spiro atoms. The highest BCUT2D eigenvalue weighted by Crippen LogP contribution is 2.46. The molecule has 208 valence electrons. The van der Waals surface area contributed by atoms with Crippen LogP contribution in [0.2, 0.25) is 0 Å². The van der Waals surface area contributed by atoms with Crippen molar-refractivity contribution in [2.75, 3.05) is 60.0 Å². The lowest BCUT2D eigenvalue weighted by Crippen LogP contribution is -2.25. The van der Waals surface area contributed by atoms with E-state index >= 15 is 0 Å². The van der Waals surface area contributed by atoms with E-state index in [1.165, 1.54) is 11.8 Å². The summed E-state index contributed by atoms with van der Waals surface area (Å²) in [5.74, 6) is 3.42. The van der Waals surface area contributed by atoms with Crippen molar-refractivity contribution in [3.05, 3.63) is 66.2 Å². The number of unbranched alkanes of at least 4 members (excludes halogenated alkanes) is 1. The zero-order chi connectivity index (χ0) is 27.6. The van der Waals surface area contributed by atoms with E-state index in [4.69, 9.17) is 23.7 Å². The molecular formula is C30H36N2O6S. The smallest absolute Gasteiger partial charge is 0.242 e. The van der Waals surface area contributed by atoms with E-state index in [1.54, 1.807) is 21.3 Å². The second kappa shape index (κ2) is 14.0. The number of amides is 1. The van der Waals surface area contributed by atoms with E-state index in [1.807, 2.05) is 60.7 Å². The maximum atomic E-state index is 12.9. The molecule has 1 unspecified atom stereocenters. The Morgan fingerprint density at radius 3 is 2.36 bits per heavy atom. The second-order valence-electron chi connectivity index (χ2n) is 9.11. The fourth-order valence-corrected chi connectivity index (χ4v) is 5.38. The molecule has 1 N–H and O–H groups in total. The number of anilines is 1. The van der Waals surface area contributed by atoms with Crippen molar-refractivity contribution in [3.8, 4) is 28.7 Å². The highest BCUT2D eigenvalue weighted by atomic mass is 32.2.